The summed E-state index contributed by atoms with van der Waals surface area (Å²) in [7, 11) is 2.09. The van der Waals surface area contributed by atoms with Crippen LogP contribution in [0.5, 0.6) is 0 Å². The first-order valence-electron chi connectivity index (χ1n) is 6.61. The van der Waals surface area contributed by atoms with Crippen LogP contribution in [0, 0.1) is 0 Å². The number of anilines is 1. The Morgan fingerprint density at radius 2 is 1.95 bits per heavy atom. The van der Waals surface area contributed by atoms with E-state index in [0.29, 0.717) is 6.54 Å². The second-order valence-electron chi connectivity index (χ2n) is 4.65. The van der Waals surface area contributed by atoms with Crippen LogP contribution in [0.3, 0.4) is 0 Å². The third-order valence-corrected chi connectivity index (χ3v) is 4.53. The van der Waals surface area contributed by atoms with E-state index in [2.05, 4.69) is 52.9 Å². The van der Waals surface area contributed by atoms with Crippen LogP contribution in [0.2, 0.25) is 0 Å². The van der Waals surface area contributed by atoms with Gasteiger partial charge in [-0.25, -0.2) is 0 Å². The van der Waals surface area contributed by atoms with Gasteiger partial charge in [0.2, 0.25) is 5.69 Å². The number of hydrogen-bond acceptors (Lipinski definition) is 3. The molecule has 0 saturated heterocycles. The molecule has 2 heterocycles. The molecule has 3 rings (SSSR count). The van der Waals surface area contributed by atoms with Gasteiger partial charge < -0.3 is 34.0 Å². The number of aliphatic hydroxyl groups is 1. The molecule has 1 aromatic heterocycles. The Labute approximate surface area is 146 Å². The average molecular weight is 412 g/mol. The molecular weight excluding hydrogens is 395 g/mol. The highest BCUT2D eigenvalue weighted by molar-refractivity contribution is 8.03. The van der Waals surface area contributed by atoms with Crippen molar-refractivity contribution >= 4 is 23.5 Å². The highest BCUT2D eigenvalue weighted by Crippen LogP contribution is 2.45. The molecule has 0 spiro atoms. The van der Waals surface area contributed by atoms with E-state index in [9.17, 15) is 0 Å². The predicted octanol–water partition coefficient (Wildman–Crippen LogP) is -0.489. The smallest absolute Gasteiger partial charge is 0.207 e. The minimum atomic E-state index is 0. The Morgan fingerprint density at radius 1 is 1.19 bits per heavy atom. The third kappa shape index (κ3) is 3.41. The van der Waals surface area contributed by atoms with Crippen molar-refractivity contribution in [1.29, 1.82) is 0 Å². The Kier molecular flexibility index (Phi) is 5.66. The maximum atomic E-state index is 9.14. The van der Waals surface area contributed by atoms with E-state index < -0.39 is 0 Å². The fraction of sp³-hybridized carbons (Fsp3) is 0.188. The lowest BCUT2D eigenvalue weighted by molar-refractivity contribution is -0.699. The normalized spacial score (nSPS) is 15.0. The first kappa shape index (κ1) is 16.3. The molecule has 5 heteroatoms. The van der Waals surface area contributed by atoms with Crippen molar-refractivity contribution in [3.8, 4) is 0 Å². The number of fused-ring (bicyclic) bond motifs is 1. The molecule has 0 amide bonds. The minimum absolute atomic E-state index is 0. The number of thioether (sulfide) groups is 1. The van der Waals surface area contributed by atoms with Gasteiger partial charge in [0.1, 0.15) is 6.61 Å². The first-order chi connectivity index (χ1) is 9.79. The standard InChI is InChI=1S/C16H17N2OS.HI/c1-17-14-7-2-3-8-15(14)20-16(17)12-13-6-4-5-9-18(13)10-11-19;/h2-9,12,19H,10-11H2,1H3;1H/q+1;/p-1. The predicted molar refractivity (Wildman–Crippen MR) is 82.4 cm³/mol. The average Bonchev–Trinajstić information content (AvgIpc) is 2.79. The number of halogens is 1. The molecule has 110 valence electrons. The molecule has 0 aliphatic carbocycles. The number of aromatic nitrogens is 1. The van der Waals surface area contributed by atoms with Gasteiger partial charge >= 0.3 is 0 Å². The molecule has 0 saturated carbocycles. The van der Waals surface area contributed by atoms with E-state index in [1.165, 1.54) is 15.6 Å². The van der Waals surface area contributed by atoms with Crippen molar-refractivity contribution in [3.63, 3.8) is 0 Å². The van der Waals surface area contributed by atoms with Gasteiger partial charge in [0.25, 0.3) is 0 Å². The van der Waals surface area contributed by atoms with Crippen molar-refractivity contribution in [2.75, 3.05) is 18.6 Å². The van der Waals surface area contributed by atoms with E-state index >= 15 is 0 Å². The van der Waals surface area contributed by atoms with Crippen LogP contribution >= 0.6 is 11.8 Å². The van der Waals surface area contributed by atoms with Gasteiger partial charge in [-0.3, -0.25) is 0 Å². The van der Waals surface area contributed by atoms with Gasteiger partial charge in [0, 0.05) is 30.2 Å². The summed E-state index contributed by atoms with van der Waals surface area (Å²) in [6.45, 7) is 0.759. The summed E-state index contributed by atoms with van der Waals surface area (Å²) in [5.41, 5.74) is 2.34. The summed E-state index contributed by atoms with van der Waals surface area (Å²) in [4.78, 5) is 3.49. The van der Waals surface area contributed by atoms with Gasteiger partial charge in [0.05, 0.1) is 10.7 Å². The summed E-state index contributed by atoms with van der Waals surface area (Å²) < 4.78 is 2.06. The Balaban J connectivity index is 0.00000161. The number of para-hydroxylation sites is 1. The van der Waals surface area contributed by atoms with Crippen LogP contribution in [0.25, 0.3) is 6.08 Å². The van der Waals surface area contributed by atoms with E-state index in [-0.39, 0.29) is 30.6 Å². The van der Waals surface area contributed by atoms with Crippen LogP contribution in [-0.4, -0.2) is 18.8 Å². The first-order valence-corrected chi connectivity index (χ1v) is 7.43. The third-order valence-electron chi connectivity index (χ3n) is 3.36. The zero-order valence-electron chi connectivity index (χ0n) is 11.7. The summed E-state index contributed by atoms with van der Waals surface area (Å²) in [5, 5.41) is 10.3. The fourth-order valence-corrected chi connectivity index (χ4v) is 3.40. The second-order valence-corrected chi connectivity index (χ2v) is 5.72. The highest BCUT2D eigenvalue weighted by atomic mass is 127. The van der Waals surface area contributed by atoms with Gasteiger partial charge in [-0.1, -0.05) is 23.9 Å². The van der Waals surface area contributed by atoms with Crippen LogP contribution in [0.1, 0.15) is 5.69 Å². The molecule has 1 aliphatic rings. The van der Waals surface area contributed by atoms with Crippen molar-refractivity contribution in [1.82, 2.24) is 0 Å². The molecule has 2 aromatic rings. The summed E-state index contributed by atoms with van der Waals surface area (Å²) >= 11 is 1.78. The summed E-state index contributed by atoms with van der Waals surface area (Å²) in [5.74, 6) is 0. The SMILES string of the molecule is CN1/C(=C/c2cccc[n+]2CCO)Sc2ccccc21.[I-]. The Bertz CT molecular complexity index is 660. The zero-order chi connectivity index (χ0) is 13.9. The molecule has 0 radical (unpaired) electrons. The van der Waals surface area contributed by atoms with Crippen LogP contribution < -0.4 is 33.4 Å². The summed E-state index contributed by atoms with van der Waals surface area (Å²) in [6, 6.07) is 14.5. The van der Waals surface area contributed by atoms with Crippen LogP contribution in [-0.2, 0) is 6.54 Å². The van der Waals surface area contributed by atoms with Crippen molar-refractivity contribution < 1.29 is 33.7 Å². The number of nitrogens with zero attached hydrogens (tertiary/aromatic N) is 2. The maximum absolute atomic E-state index is 9.14. The Hall–Kier alpha value is -1.05. The van der Waals surface area contributed by atoms with Gasteiger partial charge in [-0.2, -0.15) is 4.57 Å². The van der Waals surface area contributed by atoms with E-state index in [1.54, 1.807) is 11.8 Å². The molecule has 0 fully saturated rings. The topological polar surface area (TPSA) is 27.4 Å². The van der Waals surface area contributed by atoms with Crippen molar-refractivity contribution in [2.45, 2.75) is 11.4 Å². The molecule has 3 nitrogen and oxygen atoms in total. The van der Waals surface area contributed by atoms with E-state index in [0.717, 1.165) is 5.69 Å². The largest absolute Gasteiger partial charge is 1.00 e. The number of pyridine rings is 1. The number of aliphatic hydroxyl groups excluding tert-OH is 1. The quantitative estimate of drug-likeness (QED) is 0.545. The van der Waals surface area contributed by atoms with E-state index in [1.807, 2.05) is 18.3 Å². The lowest BCUT2D eigenvalue weighted by Gasteiger charge is -2.12. The van der Waals surface area contributed by atoms with Crippen LogP contribution in [0.15, 0.2) is 58.6 Å². The minimum Gasteiger partial charge on any atom is -1.00 e. The molecule has 1 aliphatic heterocycles. The molecule has 0 atom stereocenters. The second kappa shape index (κ2) is 7.29. The van der Waals surface area contributed by atoms with Gasteiger partial charge in [-0.15, -0.1) is 0 Å². The van der Waals surface area contributed by atoms with Crippen molar-refractivity contribution in [3.05, 3.63) is 59.4 Å². The monoisotopic (exact) mass is 412 g/mol. The molecule has 0 unspecified atom stereocenters. The maximum Gasteiger partial charge on any atom is 0.207 e. The lowest BCUT2D eigenvalue weighted by atomic mass is 10.3. The Morgan fingerprint density at radius 3 is 2.71 bits per heavy atom. The highest BCUT2D eigenvalue weighted by Gasteiger charge is 2.22. The number of benzene rings is 1. The molecule has 0 bridgehead atoms. The zero-order valence-corrected chi connectivity index (χ0v) is 14.7. The van der Waals surface area contributed by atoms with Gasteiger partial charge in [0.15, 0.2) is 12.7 Å². The van der Waals surface area contributed by atoms with Gasteiger partial charge in [-0.05, 0) is 18.2 Å². The van der Waals surface area contributed by atoms with E-state index in [4.69, 9.17) is 5.11 Å². The number of hydrogen-bond donors (Lipinski definition) is 1. The summed E-state index contributed by atoms with van der Waals surface area (Å²) in [6.07, 6.45) is 4.16. The fourth-order valence-electron chi connectivity index (χ4n) is 2.31. The van der Waals surface area contributed by atoms with Crippen LogP contribution in [0.4, 0.5) is 5.69 Å². The molecule has 1 aromatic carbocycles. The van der Waals surface area contributed by atoms with Crippen molar-refractivity contribution in [2.24, 2.45) is 0 Å². The molecule has 1 N–H and O–H groups in total. The lowest BCUT2D eigenvalue weighted by Crippen LogP contribution is -3.00. The molecule has 21 heavy (non-hydrogen) atoms. The number of rotatable bonds is 3. The molecular formula is C16H17IN2OS.